The van der Waals surface area contributed by atoms with E-state index in [1.165, 1.54) is 0 Å². The minimum absolute atomic E-state index is 0.0406. The molecule has 0 amide bonds. The summed E-state index contributed by atoms with van der Waals surface area (Å²) in [7, 11) is 0. The molecule has 0 aliphatic heterocycles. The van der Waals surface area contributed by atoms with Crippen LogP contribution in [0.15, 0.2) is 11.3 Å². The van der Waals surface area contributed by atoms with Gasteiger partial charge in [-0.05, 0) is 12.3 Å². The van der Waals surface area contributed by atoms with Crippen molar-refractivity contribution < 1.29 is 9.59 Å². The molecule has 0 heterocycles. The predicted molar refractivity (Wildman–Crippen MR) is 75.7 cm³/mol. The SMILES string of the molecule is CC(NCCNCCN)=C1C(=O)CC(C)(C)CC1=O. The minimum Gasteiger partial charge on any atom is -0.387 e. The van der Waals surface area contributed by atoms with Crippen molar-refractivity contribution in [1.82, 2.24) is 10.6 Å². The molecule has 0 spiro atoms. The van der Waals surface area contributed by atoms with Gasteiger partial charge in [0.2, 0.25) is 0 Å². The first-order chi connectivity index (χ1) is 8.87. The van der Waals surface area contributed by atoms with Crippen LogP contribution in [-0.2, 0) is 9.59 Å². The minimum atomic E-state index is -0.208. The lowest BCUT2D eigenvalue weighted by atomic mass is 9.73. The van der Waals surface area contributed by atoms with Crippen LogP contribution in [0.2, 0.25) is 0 Å². The fourth-order valence-corrected chi connectivity index (χ4v) is 2.34. The van der Waals surface area contributed by atoms with Gasteiger partial charge in [-0.15, -0.1) is 0 Å². The molecule has 1 aliphatic carbocycles. The number of hydrogen-bond donors (Lipinski definition) is 3. The van der Waals surface area contributed by atoms with Gasteiger partial charge in [-0.2, -0.15) is 0 Å². The molecule has 0 unspecified atom stereocenters. The molecule has 0 bridgehead atoms. The molecule has 0 radical (unpaired) electrons. The van der Waals surface area contributed by atoms with E-state index in [0.29, 0.717) is 37.2 Å². The van der Waals surface area contributed by atoms with Crippen LogP contribution < -0.4 is 16.4 Å². The Morgan fingerprint density at radius 2 is 1.74 bits per heavy atom. The largest absolute Gasteiger partial charge is 0.387 e. The highest BCUT2D eigenvalue weighted by Crippen LogP contribution is 2.34. The van der Waals surface area contributed by atoms with Crippen molar-refractivity contribution >= 4 is 11.6 Å². The summed E-state index contributed by atoms with van der Waals surface area (Å²) in [6.07, 6.45) is 0.886. The van der Waals surface area contributed by atoms with E-state index in [1.807, 2.05) is 13.8 Å². The summed E-state index contributed by atoms with van der Waals surface area (Å²) in [4.78, 5) is 24.1. The zero-order valence-electron chi connectivity index (χ0n) is 12.1. The molecule has 4 N–H and O–H groups in total. The zero-order chi connectivity index (χ0) is 14.5. The zero-order valence-corrected chi connectivity index (χ0v) is 12.1. The molecule has 0 aromatic carbocycles. The summed E-state index contributed by atoms with van der Waals surface area (Å²) in [6.45, 7) is 8.52. The van der Waals surface area contributed by atoms with E-state index < -0.39 is 0 Å². The molecule has 5 nitrogen and oxygen atoms in total. The van der Waals surface area contributed by atoms with Crippen LogP contribution >= 0.6 is 0 Å². The van der Waals surface area contributed by atoms with Gasteiger partial charge >= 0.3 is 0 Å². The molecule has 0 aromatic heterocycles. The highest BCUT2D eigenvalue weighted by atomic mass is 16.2. The summed E-state index contributed by atoms with van der Waals surface area (Å²) in [5.41, 5.74) is 6.21. The summed E-state index contributed by atoms with van der Waals surface area (Å²) < 4.78 is 0. The number of nitrogens with one attached hydrogen (secondary N) is 2. The number of nitrogens with two attached hydrogens (primary N) is 1. The predicted octanol–water partition coefficient (Wildman–Crippen LogP) is 0.357. The normalized spacial score (nSPS) is 18.6. The first kappa shape index (κ1) is 15.9. The van der Waals surface area contributed by atoms with Crippen molar-refractivity contribution in [3.05, 3.63) is 11.3 Å². The van der Waals surface area contributed by atoms with Crippen LogP contribution in [0.4, 0.5) is 0 Å². The molecule has 1 saturated carbocycles. The summed E-state index contributed by atoms with van der Waals surface area (Å²) >= 11 is 0. The van der Waals surface area contributed by atoms with Crippen LogP contribution in [0, 0.1) is 5.41 Å². The molecule has 0 saturated heterocycles. The van der Waals surface area contributed by atoms with Gasteiger partial charge in [-0.25, -0.2) is 0 Å². The maximum Gasteiger partial charge on any atom is 0.168 e. The lowest BCUT2D eigenvalue weighted by Crippen LogP contribution is -2.35. The first-order valence-electron chi connectivity index (χ1n) is 6.79. The van der Waals surface area contributed by atoms with Crippen molar-refractivity contribution in [2.24, 2.45) is 11.1 Å². The lowest BCUT2D eigenvalue weighted by Gasteiger charge is -2.29. The molecule has 1 aliphatic rings. The van der Waals surface area contributed by atoms with Gasteiger partial charge < -0.3 is 16.4 Å². The van der Waals surface area contributed by atoms with Gasteiger partial charge in [-0.3, -0.25) is 9.59 Å². The van der Waals surface area contributed by atoms with E-state index in [9.17, 15) is 9.59 Å². The van der Waals surface area contributed by atoms with Crippen molar-refractivity contribution in [2.45, 2.75) is 33.6 Å². The Kier molecular flexibility index (Phi) is 5.69. The van der Waals surface area contributed by atoms with Crippen LogP contribution in [0.5, 0.6) is 0 Å². The number of hydrogen-bond acceptors (Lipinski definition) is 5. The van der Waals surface area contributed by atoms with E-state index in [4.69, 9.17) is 5.73 Å². The molecule has 1 rings (SSSR count). The third-order valence-electron chi connectivity index (χ3n) is 3.22. The van der Waals surface area contributed by atoms with Gasteiger partial charge in [0.15, 0.2) is 11.6 Å². The van der Waals surface area contributed by atoms with Crippen LogP contribution in [0.1, 0.15) is 33.6 Å². The van der Waals surface area contributed by atoms with Crippen LogP contribution in [0.25, 0.3) is 0 Å². The van der Waals surface area contributed by atoms with Gasteiger partial charge in [0.25, 0.3) is 0 Å². The van der Waals surface area contributed by atoms with E-state index in [1.54, 1.807) is 6.92 Å². The van der Waals surface area contributed by atoms with Gasteiger partial charge in [0.1, 0.15) is 0 Å². The van der Waals surface area contributed by atoms with Crippen molar-refractivity contribution in [3.8, 4) is 0 Å². The maximum atomic E-state index is 12.0. The fourth-order valence-electron chi connectivity index (χ4n) is 2.34. The smallest absolute Gasteiger partial charge is 0.168 e. The van der Waals surface area contributed by atoms with Crippen molar-refractivity contribution in [3.63, 3.8) is 0 Å². The van der Waals surface area contributed by atoms with Crippen LogP contribution in [-0.4, -0.2) is 37.7 Å². The summed E-state index contributed by atoms with van der Waals surface area (Å²) in [5.74, 6) is -0.0812. The van der Waals surface area contributed by atoms with Crippen molar-refractivity contribution in [1.29, 1.82) is 0 Å². The molecular weight excluding hydrogens is 242 g/mol. The number of carbonyl (C=O) groups is 2. The number of ketones is 2. The number of carbonyl (C=O) groups excluding carboxylic acids is 2. The number of Topliss-reactive ketones (excluding diaryl/α,β-unsaturated/α-hetero) is 2. The molecule has 0 aromatic rings. The maximum absolute atomic E-state index is 12.0. The number of rotatable bonds is 6. The Hall–Kier alpha value is -1.20. The highest BCUT2D eigenvalue weighted by molar-refractivity contribution is 6.22. The molecule has 1 fully saturated rings. The second-order valence-corrected chi connectivity index (χ2v) is 5.83. The van der Waals surface area contributed by atoms with Gasteiger partial charge in [0, 0.05) is 44.7 Å². The Bertz CT molecular complexity index is 364. The first-order valence-corrected chi connectivity index (χ1v) is 6.79. The third kappa shape index (κ3) is 4.76. The monoisotopic (exact) mass is 267 g/mol. The summed E-state index contributed by atoms with van der Waals surface area (Å²) in [6, 6.07) is 0. The average Bonchev–Trinajstić information content (AvgIpc) is 2.25. The quantitative estimate of drug-likeness (QED) is 0.367. The Labute approximate surface area is 115 Å². The van der Waals surface area contributed by atoms with E-state index in [-0.39, 0.29) is 17.0 Å². The topological polar surface area (TPSA) is 84.2 Å². The van der Waals surface area contributed by atoms with Crippen molar-refractivity contribution in [2.75, 3.05) is 26.2 Å². The fraction of sp³-hybridized carbons (Fsp3) is 0.714. The van der Waals surface area contributed by atoms with E-state index >= 15 is 0 Å². The Morgan fingerprint density at radius 1 is 1.16 bits per heavy atom. The molecule has 0 atom stereocenters. The molecule has 19 heavy (non-hydrogen) atoms. The molecule has 5 heteroatoms. The van der Waals surface area contributed by atoms with E-state index in [0.717, 1.165) is 13.1 Å². The standard InChI is InChI=1S/C14H25N3O2/c1-10(17-7-6-16-5-4-15)13-11(18)8-14(2,3)9-12(13)19/h16-17H,4-9,15H2,1-3H3. The third-order valence-corrected chi connectivity index (χ3v) is 3.22. The Morgan fingerprint density at radius 3 is 2.26 bits per heavy atom. The lowest BCUT2D eigenvalue weighted by molar-refractivity contribution is -0.127. The average molecular weight is 267 g/mol. The van der Waals surface area contributed by atoms with Gasteiger partial charge in [-0.1, -0.05) is 13.8 Å². The van der Waals surface area contributed by atoms with E-state index in [2.05, 4.69) is 10.6 Å². The Balaban J connectivity index is 2.58. The second kappa shape index (κ2) is 6.82. The molecular formula is C14H25N3O2. The molecule has 108 valence electrons. The second-order valence-electron chi connectivity index (χ2n) is 5.83. The summed E-state index contributed by atoms with van der Waals surface area (Å²) in [5, 5.41) is 6.28. The van der Waals surface area contributed by atoms with Crippen LogP contribution in [0.3, 0.4) is 0 Å². The number of allylic oxidation sites excluding steroid dienone is 2. The highest BCUT2D eigenvalue weighted by Gasteiger charge is 2.36. The van der Waals surface area contributed by atoms with Gasteiger partial charge in [0.05, 0.1) is 5.57 Å².